The van der Waals surface area contributed by atoms with Gasteiger partial charge in [0, 0.05) is 25.7 Å². The Morgan fingerprint density at radius 1 is 1.33 bits per heavy atom. The summed E-state index contributed by atoms with van der Waals surface area (Å²) < 4.78 is 11.5. The number of ether oxygens (including phenoxy) is 2. The van der Waals surface area contributed by atoms with Gasteiger partial charge in [-0.1, -0.05) is 27.7 Å². The third kappa shape index (κ3) is 11.1. The van der Waals surface area contributed by atoms with Crippen LogP contribution < -0.4 is 5.32 Å². The summed E-state index contributed by atoms with van der Waals surface area (Å²) in [4.78, 5) is 2.47. The molecule has 1 heterocycles. The molecule has 0 aliphatic carbocycles. The Labute approximate surface area is 132 Å². The molecule has 0 aromatic heterocycles. The van der Waals surface area contributed by atoms with Crippen molar-refractivity contribution in [2.75, 3.05) is 46.0 Å². The quantitative estimate of drug-likeness (QED) is 0.629. The van der Waals surface area contributed by atoms with Gasteiger partial charge in [0.25, 0.3) is 0 Å². The van der Waals surface area contributed by atoms with Crippen molar-refractivity contribution in [3.8, 4) is 0 Å². The van der Waals surface area contributed by atoms with Crippen LogP contribution in [-0.2, 0) is 9.47 Å². The summed E-state index contributed by atoms with van der Waals surface area (Å²) in [6, 6.07) is 0.615. The van der Waals surface area contributed by atoms with Gasteiger partial charge in [0.2, 0.25) is 0 Å². The molecule has 4 heteroatoms. The molecule has 1 aliphatic heterocycles. The first-order valence-corrected chi connectivity index (χ1v) is 8.91. The van der Waals surface area contributed by atoms with Crippen molar-refractivity contribution in [3.63, 3.8) is 0 Å². The largest absolute Gasteiger partial charge is 0.379 e. The van der Waals surface area contributed by atoms with E-state index in [0.717, 1.165) is 45.9 Å². The van der Waals surface area contributed by atoms with Crippen molar-refractivity contribution in [1.29, 1.82) is 0 Å². The van der Waals surface area contributed by atoms with E-state index >= 15 is 0 Å². The molecular weight excluding hydrogens is 264 g/mol. The van der Waals surface area contributed by atoms with Crippen LogP contribution in [0.2, 0.25) is 0 Å². The van der Waals surface area contributed by atoms with Crippen LogP contribution in [0, 0.1) is 0 Å². The van der Waals surface area contributed by atoms with E-state index in [-0.39, 0.29) is 6.10 Å². The topological polar surface area (TPSA) is 33.7 Å². The second-order valence-electron chi connectivity index (χ2n) is 5.49. The third-order valence-electron chi connectivity index (χ3n) is 3.64. The van der Waals surface area contributed by atoms with Crippen LogP contribution in [0.25, 0.3) is 0 Å². The van der Waals surface area contributed by atoms with Crippen molar-refractivity contribution in [2.45, 2.75) is 66.0 Å². The lowest BCUT2D eigenvalue weighted by Crippen LogP contribution is -2.44. The lowest BCUT2D eigenvalue weighted by molar-refractivity contribution is -0.0691. The van der Waals surface area contributed by atoms with E-state index < -0.39 is 0 Å². The lowest BCUT2D eigenvalue weighted by Gasteiger charge is -2.32. The molecule has 2 atom stereocenters. The van der Waals surface area contributed by atoms with Gasteiger partial charge < -0.3 is 14.8 Å². The first kappa shape index (κ1) is 20.8. The third-order valence-corrected chi connectivity index (χ3v) is 3.64. The molecule has 128 valence electrons. The average molecular weight is 303 g/mol. The smallest absolute Gasteiger partial charge is 0.0935 e. The van der Waals surface area contributed by atoms with Gasteiger partial charge >= 0.3 is 0 Å². The minimum Gasteiger partial charge on any atom is -0.379 e. The van der Waals surface area contributed by atoms with Crippen LogP contribution in [0.3, 0.4) is 0 Å². The number of nitrogens with one attached hydrogen (secondary N) is 1. The second kappa shape index (κ2) is 14.8. The van der Waals surface area contributed by atoms with E-state index in [1.165, 1.54) is 19.4 Å². The molecule has 0 bridgehead atoms. The van der Waals surface area contributed by atoms with Crippen LogP contribution in [0.15, 0.2) is 0 Å². The van der Waals surface area contributed by atoms with E-state index in [2.05, 4.69) is 31.0 Å². The highest BCUT2D eigenvalue weighted by Crippen LogP contribution is 2.06. The first-order valence-electron chi connectivity index (χ1n) is 8.91. The van der Waals surface area contributed by atoms with Crippen LogP contribution in [-0.4, -0.2) is 63.0 Å². The van der Waals surface area contributed by atoms with Crippen molar-refractivity contribution < 1.29 is 9.47 Å². The molecule has 4 nitrogen and oxygen atoms in total. The van der Waals surface area contributed by atoms with Gasteiger partial charge in [-0.25, -0.2) is 0 Å². The molecule has 0 saturated carbocycles. The van der Waals surface area contributed by atoms with Gasteiger partial charge in [0.1, 0.15) is 0 Å². The first-order chi connectivity index (χ1) is 10.3. The molecule has 0 amide bonds. The standard InChI is InChI=1S/C15H32N2O2.C2H6/c1-4-8-17-9-11-19-15(12-17)13-18-10-6-7-16-14(3)5-2;1-2/h14-16H,4-13H2,1-3H3;1-2H3. The van der Waals surface area contributed by atoms with Gasteiger partial charge in [-0.05, 0) is 39.3 Å². The van der Waals surface area contributed by atoms with Crippen LogP contribution in [0.5, 0.6) is 0 Å². The molecule has 21 heavy (non-hydrogen) atoms. The van der Waals surface area contributed by atoms with E-state index in [1.807, 2.05) is 13.8 Å². The highest BCUT2D eigenvalue weighted by molar-refractivity contribution is 4.70. The maximum atomic E-state index is 5.73. The minimum atomic E-state index is 0.267. The van der Waals surface area contributed by atoms with Gasteiger partial charge in [-0.2, -0.15) is 0 Å². The average Bonchev–Trinajstić information content (AvgIpc) is 2.53. The minimum absolute atomic E-state index is 0.267. The predicted octanol–water partition coefficient (Wildman–Crippen LogP) is 2.92. The molecule has 1 fully saturated rings. The predicted molar refractivity (Wildman–Crippen MR) is 91.0 cm³/mol. The Kier molecular flexibility index (Phi) is 14.7. The Hall–Kier alpha value is -0.160. The zero-order valence-electron chi connectivity index (χ0n) is 15.0. The van der Waals surface area contributed by atoms with Crippen LogP contribution in [0.4, 0.5) is 0 Å². The summed E-state index contributed by atoms with van der Waals surface area (Å²) in [7, 11) is 0. The highest BCUT2D eigenvalue weighted by atomic mass is 16.5. The van der Waals surface area contributed by atoms with Crippen molar-refractivity contribution in [3.05, 3.63) is 0 Å². The fraction of sp³-hybridized carbons (Fsp3) is 1.00. The normalized spacial score (nSPS) is 20.7. The van der Waals surface area contributed by atoms with Crippen LogP contribution >= 0.6 is 0 Å². The van der Waals surface area contributed by atoms with Gasteiger partial charge in [-0.3, -0.25) is 4.90 Å². The van der Waals surface area contributed by atoms with Crippen molar-refractivity contribution in [2.24, 2.45) is 0 Å². The maximum Gasteiger partial charge on any atom is 0.0935 e. The maximum absolute atomic E-state index is 5.73. The molecule has 0 aromatic rings. The summed E-state index contributed by atoms with van der Waals surface area (Å²) in [5.41, 5.74) is 0. The fourth-order valence-corrected chi connectivity index (χ4v) is 2.28. The Balaban J connectivity index is 0.00000191. The summed E-state index contributed by atoms with van der Waals surface area (Å²) in [6.45, 7) is 17.4. The monoisotopic (exact) mass is 302 g/mol. The molecule has 0 aromatic carbocycles. The summed E-state index contributed by atoms with van der Waals surface area (Å²) in [6.07, 6.45) is 3.75. The number of rotatable bonds is 10. The Morgan fingerprint density at radius 2 is 2.10 bits per heavy atom. The summed E-state index contributed by atoms with van der Waals surface area (Å²) >= 11 is 0. The zero-order valence-corrected chi connectivity index (χ0v) is 15.0. The zero-order chi connectivity index (χ0) is 15.9. The highest BCUT2D eigenvalue weighted by Gasteiger charge is 2.19. The molecule has 0 spiro atoms. The van der Waals surface area contributed by atoms with Gasteiger partial charge in [0.15, 0.2) is 0 Å². The van der Waals surface area contributed by atoms with Crippen molar-refractivity contribution >= 4 is 0 Å². The van der Waals surface area contributed by atoms with Crippen LogP contribution in [0.1, 0.15) is 53.9 Å². The molecule has 1 N–H and O–H groups in total. The number of hydrogen-bond donors (Lipinski definition) is 1. The van der Waals surface area contributed by atoms with Gasteiger partial charge in [0.05, 0.1) is 19.3 Å². The van der Waals surface area contributed by atoms with E-state index in [9.17, 15) is 0 Å². The van der Waals surface area contributed by atoms with E-state index in [0.29, 0.717) is 6.04 Å². The number of morpholine rings is 1. The summed E-state index contributed by atoms with van der Waals surface area (Å²) in [5.74, 6) is 0. The molecular formula is C17H38N2O2. The van der Waals surface area contributed by atoms with E-state index in [1.54, 1.807) is 0 Å². The van der Waals surface area contributed by atoms with E-state index in [4.69, 9.17) is 9.47 Å². The lowest BCUT2D eigenvalue weighted by atomic mass is 10.2. The SMILES string of the molecule is CC.CCCN1CCOC(COCCCNC(C)CC)C1. The van der Waals surface area contributed by atoms with Gasteiger partial charge in [-0.15, -0.1) is 0 Å². The molecule has 1 aliphatic rings. The second-order valence-corrected chi connectivity index (χ2v) is 5.49. The summed E-state index contributed by atoms with van der Waals surface area (Å²) in [5, 5.41) is 3.48. The Morgan fingerprint density at radius 3 is 2.76 bits per heavy atom. The molecule has 1 rings (SSSR count). The Bertz CT molecular complexity index is 213. The number of hydrogen-bond acceptors (Lipinski definition) is 4. The fourth-order valence-electron chi connectivity index (χ4n) is 2.28. The molecule has 1 saturated heterocycles. The molecule has 2 unspecified atom stereocenters. The van der Waals surface area contributed by atoms with Crippen molar-refractivity contribution in [1.82, 2.24) is 10.2 Å². The molecule has 0 radical (unpaired) electrons. The number of nitrogens with zero attached hydrogens (tertiary/aromatic N) is 1.